The molecule has 70 valence electrons. The Morgan fingerprint density at radius 2 is 1.67 bits per heavy atom. The van der Waals surface area contributed by atoms with Gasteiger partial charge in [0.25, 0.3) is 0 Å². The summed E-state index contributed by atoms with van der Waals surface area (Å²) in [4.78, 5) is 20.2. The van der Waals surface area contributed by atoms with Crippen molar-refractivity contribution < 1.29 is 9.59 Å². The zero-order valence-electron chi connectivity index (χ0n) is 7.85. The lowest BCUT2D eigenvalue weighted by atomic mass is 10.00. The van der Waals surface area contributed by atoms with Crippen LogP contribution < -0.4 is 5.32 Å². The Hall–Kier alpha value is -0.860. The second kappa shape index (κ2) is 6.83. The van der Waals surface area contributed by atoms with E-state index in [-0.39, 0.29) is 5.91 Å². The van der Waals surface area contributed by atoms with Crippen LogP contribution in [0.25, 0.3) is 0 Å². The van der Waals surface area contributed by atoms with Gasteiger partial charge in [-0.15, -0.1) is 0 Å². The van der Waals surface area contributed by atoms with E-state index < -0.39 is 0 Å². The monoisotopic (exact) mass is 171 g/mol. The van der Waals surface area contributed by atoms with Gasteiger partial charge in [-0.3, -0.25) is 9.59 Å². The van der Waals surface area contributed by atoms with Gasteiger partial charge in [-0.05, 0) is 12.8 Å². The molecule has 3 nitrogen and oxygen atoms in total. The number of rotatable bonds is 0. The zero-order chi connectivity index (χ0) is 9.40. The first-order chi connectivity index (χ1) is 5.66. The lowest BCUT2D eigenvalue weighted by molar-refractivity contribution is -0.120. The van der Waals surface area contributed by atoms with Crippen LogP contribution in [0.1, 0.15) is 39.0 Å². The molecule has 0 radical (unpaired) electrons. The van der Waals surface area contributed by atoms with Crippen LogP contribution in [-0.2, 0) is 9.59 Å². The fourth-order valence-electron chi connectivity index (χ4n) is 0.946. The highest BCUT2D eigenvalue weighted by atomic mass is 16.1. The number of Topliss-reactive ketones (excluding diaryl/α,β-unsaturated/α-hetero) is 1. The van der Waals surface area contributed by atoms with Gasteiger partial charge in [-0.1, -0.05) is 6.42 Å². The van der Waals surface area contributed by atoms with Crippen molar-refractivity contribution in [1.82, 2.24) is 5.32 Å². The first-order valence-electron chi connectivity index (χ1n) is 4.37. The first kappa shape index (κ1) is 11.1. The van der Waals surface area contributed by atoms with E-state index in [0.29, 0.717) is 5.78 Å². The maximum absolute atomic E-state index is 10.5. The molecule has 3 heteroatoms. The zero-order valence-corrected chi connectivity index (χ0v) is 7.85. The van der Waals surface area contributed by atoms with E-state index in [9.17, 15) is 9.59 Å². The highest BCUT2D eigenvalue weighted by Gasteiger charge is 2.05. The van der Waals surface area contributed by atoms with E-state index in [0.717, 1.165) is 25.7 Å². The fraction of sp³-hybridized carbons (Fsp3) is 0.778. The molecule has 0 saturated heterocycles. The highest BCUT2D eigenvalue weighted by molar-refractivity contribution is 5.78. The van der Waals surface area contributed by atoms with Crippen LogP contribution >= 0.6 is 0 Å². The summed E-state index contributed by atoms with van der Waals surface area (Å²) in [5.41, 5.74) is 0. The number of hydrogen-bond donors (Lipinski definition) is 1. The highest BCUT2D eigenvalue weighted by Crippen LogP contribution is 2.12. The maximum Gasteiger partial charge on any atom is 0.216 e. The summed E-state index contributed by atoms with van der Waals surface area (Å²) in [5, 5.41) is 2.39. The lowest BCUT2D eigenvalue weighted by Crippen LogP contribution is -2.11. The van der Waals surface area contributed by atoms with Gasteiger partial charge in [0.15, 0.2) is 0 Å². The van der Waals surface area contributed by atoms with Crippen LogP contribution in [-0.4, -0.2) is 18.7 Å². The van der Waals surface area contributed by atoms with E-state index >= 15 is 0 Å². The molecule has 1 rings (SSSR count). The number of ketones is 1. The molecule has 0 aromatic rings. The van der Waals surface area contributed by atoms with Crippen molar-refractivity contribution in [3.05, 3.63) is 0 Å². The van der Waals surface area contributed by atoms with Gasteiger partial charge in [0.2, 0.25) is 5.91 Å². The third-order valence-corrected chi connectivity index (χ3v) is 1.76. The summed E-state index contributed by atoms with van der Waals surface area (Å²) >= 11 is 0. The molecule has 0 aromatic carbocycles. The van der Waals surface area contributed by atoms with Crippen LogP contribution in [0.5, 0.6) is 0 Å². The Labute approximate surface area is 73.5 Å². The van der Waals surface area contributed by atoms with Crippen LogP contribution in [0.15, 0.2) is 0 Å². The summed E-state index contributed by atoms with van der Waals surface area (Å²) in [6.07, 6.45) is 5.24. The Kier molecular flexibility index (Phi) is 6.34. The summed E-state index contributed by atoms with van der Waals surface area (Å²) in [6.45, 7) is 1.47. The quantitative estimate of drug-likeness (QED) is 0.596. The fourth-order valence-corrected chi connectivity index (χ4v) is 0.946. The van der Waals surface area contributed by atoms with Gasteiger partial charge < -0.3 is 5.32 Å². The number of nitrogens with one attached hydrogen (secondary N) is 1. The van der Waals surface area contributed by atoms with E-state index in [2.05, 4.69) is 5.32 Å². The molecule has 1 aliphatic carbocycles. The number of hydrogen-bond acceptors (Lipinski definition) is 2. The van der Waals surface area contributed by atoms with Crippen LogP contribution in [0.3, 0.4) is 0 Å². The maximum atomic E-state index is 10.5. The van der Waals surface area contributed by atoms with Crippen LogP contribution in [0.2, 0.25) is 0 Å². The summed E-state index contributed by atoms with van der Waals surface area (Å²) in [5.74, 6) is 0.469. The van der Waals surface area contributed by atoms with Crippen molar-refractivity contribution in [3.63, 3.8) is 0 Å². The molecule has 0 spiro atoms. The summed E-state index contributed by atoms with van der Waals surface area (Å²) in [6, 6.07) is 0. The predicted octanol–water partition coefficient (Wildman–Crippen LogP) is 1.27. The average Bonchev–Trinajstić information content (AvgIpc) is 2.07. The average molecular weight is 171 g/mol. The third-order valence-electron chi connectivity index (χ3n) is 1.76. The molecule has 1 saturated carbocycles. The van der Waals surface area contributed by atoms with Gasteiger partial charge in [0.1, 0.15) is 5.78 Å². The van der Waals surface area contributed by atoms with Gasteiger partial charge >= 0.3 is 0 Å². The number of amides is 1. The second-order valence-electron chi connectivity index (χ2n) is 2.91. The van der Waals surface area contributed by atoms with E-state index in [1.807, 2.05) is 0 Å². The topological polar surface area (TPSA) is 46.2 Å². The van der Waals surface area contributed by atoms with Gasteiger partial charge in [0.05, 0.1) is 0 Å². The molecule has 1 fully saturated rings. The number of carbonyl (C=O) groups is 2. The minimum Gasteiger partial charge on any atom is -0.359 e. The van der Waals surface area contributed by atoms with Crippen LogP contribution in [0.4, 0.5) is 0 Å². The lowest BCUT2D eigenvalue weighted by Gasteiger charge is -2.05. The Morgan fingerprint density at radius 3 is 1.83 bits per heavy atom. The standard InChI is InChI=1S/C6H10O.C3H7NO/c7-6-4-2-1-3-5-6;1-3(5)4-2/h1-5H2;1-2H3,(H,4,5). The Balaban J connectivity index is 0.000000217. The molecular weight excluding hydrogens is 154 g/mol. The Morgan fingerprint density at radius 1 is 1.25 bits per heavy atom. The van der Waals surface area contributed by atoms with Crippen molar-refractivity contribution in [3.8, 4) is 0 Å². The van der Waals surface area contributed by atoms with E-state index in [1.165, 1.54) is 13.3 Å². The molecule has 0 bridgehead atoms. The van der Waals surface area contributed by atoms with E-state index in [4.69, 9.17) is 0 Å². The second-order valence-corrected chi connectivity index (χ2v) is 2.91. The minimum atomic E-state index is 0.00463. The van der Waals surface area contributed by atoms with Gasteiger partial charge in [-0.2, -0.15) is 0 Å². The minimum absolute atomic E-state index is 0.00463. The Bertz CT molecular complexity index is 147. The molecule has 12 heavy (non-hydrogen) atoms. The predicted molar refractivity (Wildman–Crippen MR) is 47.8 cm³/mol. The SMILES string of the molecule is CNC(C)=O.O=C1CCCCC1. The van der Waals surface area contributed by atoms with Crippen molar-refractivity contribution in [2.24, 2.45) is 0 Å². The molecule has 1 aliphatic rings. The molecule has 0 atom stereocenters. The normalized spacial score (nSPS) is 16.0. The smallest absolute Gasteiger partial charge is 0.216 e. The largest absolute Gasteiger partial charge is 0.359 e. The summed E-state index contributed by atoms with van der Waals surface area (Å²) in [7, 11) is 1.60. The molecule has 0 aliphatic heterocycles. The van der Waals surface area contributed by atoms with Crippen LogP contribution in [0, 0.1) is 0 Å². The summed E-state index contributed by atoms with van der Waals surface area (Å²) < 4.78 is 0. The third kappa shape index (κ3) is 7.25. The molecular formula is C9H17NO2. The van der Waals surface area contributed by atoms with Crippen molar-refractivity contribution >= 4 is 11.7 Å². The number of carbonyl (C=O) groups excluding carboxylic acids is 2. The van der Waals surface area contributed by atoms with Gasteiger partial charge in [-0.25, -0.2) is 0 Å². The molecule has 0 unspecified atom stereocenters. The molecule has 1 N–H and O–H groups in total. The van der Waals surface area contributed by atoms with Crippen molar-refractivity contribution in [2.45, 2.75) is 39.0 Å². The molecule has 0 aromatic heterocycles. The van der Waals surface area contributed by atoms with Crippen molar-refractivity contribution in [1.29, 1.82) is 0 Å². The van der Waals surface area contributed by atoms with Gasteiger partial charge in [0, 0.05) is 26.8 Å². The van der Waals surface area contributed by atoms with E-state index in [1.54, 1.807) is 7.05 Å². The van der Waals surface area contributed by atoms with Crippen molar-refractivity contribution in [2.75, 3.05) is 7.05 Å². The molecule has 0 heterocycles. The first-order valence-corrected chi connectivity index (χ1v) is 4.37. The molecule has 1 amide bonds.